The Labute approximate surface area is 179 Å². The second-order valence-electron chi connectivity index (χ2n) is 9.01. The van der Waals surface area contributed by atoms with E-state index >= 15 is 0 Å². The Morgan fingerprint density at radius 1 is 0.724 bits per heavy atom. The van der Waals surface area contributed by atoms with Gasteiger partial charge in [0.25, 0.3) is 5.91 Å². The van der Waals surface area contributed by atoms with Crippen LogP contribution < -0.4 is 0 Å². The Hall–Kier alpha value is -1.55. The lowest BCUT2D eigenvalue weighted by Crippen LogP contribution is -2.60. The molecule has 0 N–H and O–H groups in total. The van der Waals surface area contributed by atoms with Gasteiger partial charge in [0.1, 0.15) is 12.6 Å². The fourth-order valence-electron chi connectivity index (χ4n) is 5.50. The molecule has 3 aliphatic rings. The zero-order valence-electron chi connectivity index (χ0n) is 17.3. The van der Waals surface area contributed by atoms with Gasteiger partial charge in [0.15, 0.2) is 0 Å². The zero-order valence-corrected chi connectivity index (χ0v) is 18.1. The van der Waals surface area contributed by atoms with Gasteiger partial charge in [-0.3, -0.25) is 9.59 Å². The number of nitrogens with zero attached hydrogens (tertiary/aromatic N) is 2. The van der Waals surface area contributed by atoms with Gasteiger partial charge >= 0.3 is 0 Å². The van der Waals surface area contributed by atoms with Crippen LogP contribution in [0.2, 0.25) is 5.02 Å². The average molecular weight is 417 g/mol. The highest BCUT2D eigenvalue weighted by atomic mass is 35.5. The van der Waals surface area contributed by atoms with Crippen LogP contribution in [0.5, 0.6) is 0 Å². The van der Waals surface area contributed by atoms with Crippen molar-refractivity contribution in [3.63, 3.8) is 0 Å². The van der Waals surface area contributed by atoms with Crippen LogP contribution in [0.3, 0.4) is 0 Å². The van der Waals surface area contributed by atoms with Crippen LogP contribution >= 0.6 is 11.6 Å². The van der Waals surface area contributed by atoms with Crippen molar-refractivity contribution in [3.05, 3.63) is 34.9 Å². The van der Waals surface area contributed by atoms with Crippen molar-refractivity contribution in [3.8, 4) is 0 Å². The zero-order chi connectivity index (χ0) is 20.2. The second kappa shape index (κ2) is 9.51. The normalized spacial score (nSPS) is 25.8. The van der Waals surface area contributed by atoms with Crippen LogP contribution in [0.15, 0.2) is 24.3 Å². The lowest BCUT2D eigenvalue weighted by atomic mass is 9.89. The first-order valence-electron chi connectivity index (χ1n) is 11.5. The van der Waals surface area contributed by atoms with Crippen molar-refractivity contribution in [2.24, 2.45) is 0 Å². The van der Waals surface area contributed by atoms with Crippen molar-refractivity contribution in [2.45, 2.75) is 95.2 Å². The fourth-order valence-corrected chi connectivity index (χ4v) is 5.63. The van der Waals surface area contributed by atoms with Crippen LogP contribution in [0.25, 0.3) is 0 Å². The first-order valence-corrected chi connectivity index (χ1v) is 11.9. The number of hydrogen-bond donors (Lipinski definition) is 0. The molecule has 0 aromatic heterocycles. The molecule has 0 bridgehead atoms. The highest BCUT2D eigenvalue weighted by Crippen LogP contribution is 2.36. The molecular formula is C24H33ClN2O2. The van der Waals surface area contributed by atoms with E-state index in [0.717, 1.165) is 56.9 Å². The molecule has 1 atom stereocenters. The van der Waals surface area contributed by atoms with Crippen molar-refractivity contribution in [1.29, 1.82) is 0 Å². The third kappa shape index (κ3) is 4.63. The fraction of sp³-hybridized carbons (Fsp3) is 0.667. The van der Waals surface area contributed by atoms with Gasteiger partial charge in [-0.05, 0) is 43.4 Å². The Bertz CT molecular complexity index is 706. The summed E-state index contributed by atoms with van der Waals surface area (Å²) in [5, 5.41) is 0.657. The molecule has 4 nitrogen and oxygen atoms in total. The molecule has 2 amide bonds. The minimum atomic E-state index is -0.500. The number of carbonyl (C=O) groups is 2. The maximum absolute atomic E-state index is 13.8. The van der Waals surface area contributed by atoms with E-state index < -0.39 is 6.04 Å². The summed E-state index contributed by atoms with van der Waals surface area (Å²) in [5.41, 5.74) is 0.898. The number of amides is 2. The summed E-state index contributed by atoms with van der Waals surface area (Å²) in [6, 6.07) is 7.42. The molecule has 158 valence electrons. The predicted octanol–water partition coefficient (Wildman–Crippen LogP) is 5.50. The van der Waals surface area contributed by atoms with Crippen molar-refractivity contribution < 1.29 is 9.59 Å². The van der Waals surface area contributed by atoms with Crippen LogP contribution in [0.4, 0.5) is 0 Å². The third-order valence-corrected chi connectivity index (χ3v) is 7.31. The van der Waals surface area contributed by atoms with E-state index in [0.29, 0.717) is 5.02 Å². The molecule has 1 heterocycles. The lowest BCUT2D eigenvalue weighted by Gasteiger charge is -2.47. The Morgan fingerprint density at radius 3 is 1.86 bits per heavy atom. The number of hydrogen-bond acceptors (Lipinski definition) is 2. The largest absolute Gasteiger partial charge is 0.328 e. The number of halogens is 1. The molecule has 29 heavy (non-hydrogen) atoms. The minimum absolute atomic E-state index is 0.112. The van der Waals surface area contributed by atoms with Crippen LogP contribution in [0, 0.1) is 0 Å². The molecule has 4 rings (SSSR count). The Morgan fingerprint density at radius 2 is 1.24 bits per heavy atom. The Kier molecular flexibility index (Phi) is 6.79. The number of carbonyl (C=O) groups excluding carboxylic acids is 2. The molecule has 2 aliphatic carbocycles. The van der Waals surface area contributed by atoms with Gasteiger partial charge in [-0.15, -0.1) is 0 Å². The summed E-state index contributed by atoms with van der Waals surface area (Å²) >= 11 is 6.11. The molecule has 2 saturated carbocycles. The van der Waals surface area contributed by atoms with Gasteiger partial charge in [0, 0.05) is 17.1 Å². The van der Waals surface area contributed by atoms with E-state index in [2.05, 4.69) is 0 Å². The van der Waals surface area contributed by atoms with Gasteiger partial charge in [-0.1, -0.05) is 75.1 Å². The molecule has 1 aromatic rings. The molecule has 1 aromatic carbocycles. The van der Waals surface area contributed by atoms with Crippen molar-refractivity contribution in [2.75, 3.05) is 6.54 Å². The van der Waals surface area contributed by atoms with Crippen molar-refractivity contribution in [1.82, 2.24) is 9.80 Å². The van der Waals surface area contributed by atoms with E-state index in [-0.39, 0.29) is 30.4 Å². The quantitative estimate of drug-likeness (QED) is 0.652. The van der Waals surface area contributed by atoms with E-state index in [1.165, 1.54) is 25.7 Å². The van der Waals surface area contributed by atoms with Crippen LogP contribution in [-0.4, -0.2) is 40.2 Å². The summed E-state index contributed by atoms with van der Waals surface area (Å²) in [4.78, 5) is 31.1. The van der Waals surface area contributed by atoms with Crippen molar-refractivity contribution >= 4 is 23.4 Å². The molecule has 1 saturated heterocycles. The predicted molar refractivity (Wildman–Crippen MR) is 116 cm³/mol. The summed E-state index contributed by atoms with van der Waals surface area (Å²) in [6.07, 6.45) is 13.6. The van der Waals surface area contributed by atoms with E-state index in [9.17, 15) is 9.59 Å². The standard InChI is InChI=1S/C24H33ClN2O2/c25-19-15-13-18(14-16-19)23-24(29)26(20-9-7-4-8-10-20)17-22(28)27(23)21-11-5-2-1-3-6-12-21/h13-16,20-21,23H,1-12,17H2. The lowest BCUT2D eigenvalue weighted by molar-refractivity contribution is -0.162. The molecule has 1 aliphatic heterocycles. The topological polar surface area (TPSA) is 40.6 Å². The van der Waals surface area contributed by atoms with E-state index in [1.807, 2.05) is 34.1 Å². The SMILES string of the molecule is O=C1C(c2ccc(Cl)cc2)N(C2CCCCCCC2)C(=O)CN1C1CCCCC1. The third-order valence-electron chi connectivity index (χ3n) is 7.06. The first-order chi connectivity index (χ1) is 14.1. The van der Waals surface area contributed by atoms with Gasteiger partial charge in [-0.2, -0.15) is 0 Å². The maximum Gasteiger partial charge on any atom is 0.250 e. The first kappa shape index (κ1) is 20.7. The average Bonchev–Trinajstić information content (AvgIpc) is 2.71. The summed E-state index contributed by atoms with van der Waals surface area (Å²) in [5.74, 6) is 0.238. The number of benzene rings is 1. The molecule has 1 unspecified atom stereocenters. The smallest absolute Gasteiger partial charge is 0.250 e. The minimum Gasteiger partial charge on any atom is -0.328 e. The molecule has 5 heteroatoms. The molecular weight excluding hydrogens is 384 g/mol. The summed E-state index contributed by atoms with van der Waals surface area (Å²) in [6.45, 7) is 0.254. The van der Waals surface area contributed by atoms with Crippen LogP contribution in [0.1, 0.15) is 88.7 Å². The van der Waals surface area contributed by atoms with Gasteiger partial charge in [0.2, 0.25) is 5.91 Å². The highest BCUT2D eigenvalue weighted by molar-refractivity contribution is 6.30. The second-order valence-corrected chi connectivity index (χ2v) is 9.45. The van der Waals surface area contributed by atoms with E-state index in [4.69, 9.17) is 11.6 Å². The number of piperazine rings is 1. The molecule has 0 radical (unpaired) electrons. The highest BCUT2D eigenvalue weighted by Gasteiger charge is 2.45. The van der Waals surface area contributed by atoms with Crippen LogP contribution in [-0.2, 0) is 9.59 Å². The summed E-state index contributed by atoms with van der Waals surface area (Å²) in [7, 11) is 0. The Balaban J connectivity index is 1.65. The summed E-state index contributed by atoms with van der Waals surface area (Å²) < 4.78 is 0. The van der Waals surface area contributed by atoms with Gasteiger partial charge < -0.3 is 9.80 Å². The monoisotopic (exact) mass is 416 g/mol. The maximum atomic E-state index is 13.8. The molecule has 0 spiro atoms. The van der Waals surface area contributed by atoms with Gasteiger partial charge in [-0.25, -0.2) is 0 Å². The number of rotatable bonds is 3. The van der Waals surface area contributed by atoms with E-state index in [1.54, 1.807) is 0 Å². The van der Waals surface area contributed by atoms with Gasteiger partial charge in [0.05, 0.1) is 0 Å². The molecule has 3 fully saturated rings.